The topological polar surface area (TPSA) is 84.4 Å². The molecule has 5 heteroatoms. The Bertz CT molecular complexity index is 403. The van der Waals surface area contributed by atoms with E-state index in [-0.39, 0.29) is 0 Å². The molecule has 1 rings (SSSR count). The summed E-state index contributed by atoms with van der Waals surface area (Å²) < 4.78 is 0. The van der Waals surface area contributed by atoms with Crippen LogP contribution in [0.2, 0.25) is 0 Å². The monoisotopic (exact) mass is 236 g/mol. The number of hydrogen-bond acceptors (Lipinski definition) is 4. The van der Waals surface area contributed by atoms with Gasteiger partial charge in [-0.2, -0.15) is 0 Å². The molecule has 1 atom stereocenters. The molecule has 5 N–H and O–H groups in total. The predicted molar refractivity (Wildman–Crippen MR) is 71.0 cm³/mol. The van der Waals surface area contributed by atoms with Crippen molar-refractivity contribution in [1.82, 2.24) is 4.90 Å². The fourth-order valence-corrected chi connectivity index (χ4v) is 1.36. The third-order valence-corrected chi connectivity index (χ3v) is 2.78. The van der Waals surface area contributed by atoms with Gasteiger partial charge in [0.05, 0.1) is 5.56 Å². The van der Waals surface area contributed by atoms with Crippen LogP contribution in [0, 0.1) is 0 Å². The van der Waals surface area contributed by atoms with Gasteiger partial charge < -0.3 is 21.7 Å². The van der Waals surface area contributed by atoms with Crippen molar-refractivity contribution in [3.05, 3.63) is 23.8 Å². The summed E-state index contributed by atoms with van der Waals surface area (Å²) in [5.74, 6) is -0.475. The Morgan fingerprint density at radius 1 is 1.47 bits per heavy atom. The summed E-state index contributed by atoms with van der Waals surface area (Å²) >= 11 is 0. The Balaban J connectivity index is 2.80. The second-order valence-electron chi connectivity index (χ2n) is 4.36. The lowest BCUT2D eigenvalue weighted by atomic mass is 10.1. The number of carbonyl (C=O) groups excluding carboxylic acids is 1. The molecule has 0 fully saturated rings. The third-order valence-electron chi connectivity index (χ3n) is 2.78. The number of nitrogens with zero attached hydrogens (tertiary/aromatic N) is 1. The van der Waals surface area contributed by atoms with Crippen LogP contribution in [-0.2, 0) is 0 Å². The van der Waals surface area contributed by atoms with Gasteiger partial charge in [0.1, 0.15) is 0 Å². The first-order valence-electron chi connectivity index (χ1n) is 5.51. The van der Waals surface area contributed by atoms with Crippen molar-refractivity contribution < 1.29 is 4.79 Å². The van der Waals surface area contributed by atoms with Gasteiger partial charge in [-0.3, -0.25) is 4.79 Å². The number of nitrogens with two attached hydrogens (primary N) is 2. The third kappa shape index (κ3) is 3.64. The molecule has 0 bridgehead atoms. The number of hydrogen-bond donors (Lipinski definition) is 3. The number of nitrogen functional groups attached to an aromatic ring is 1. The first kappa shape index (κ1) is 13.3. The lowest BCUT2D eigenvalue weighted by molar-refractivity contribution is 0.100. The number of carbonyl (C=O) groups is 1. The Kier molecular flexibility index (Phi) is 4.34. The molecule has 0 aliphatic carbocycles. The van der Waals surface area contributed by atoms with Crippen LogP contribution in [0.4, 0.5) is 11.4 Å². The molecule has 0 aliphatic heterocycles. The van der Waals surface area contributed by atoms with Gasteiger partial charge in [-0.25, -0.2) is 0 Å². The predicted octanol–water partition coefficient (Wildman–Crippen LogP) is 0.730. The number of benzene rings is 1. The minimum Gasteiger partial charge on any atom is -0.399 e. The molecule has 94 valence electrons. The summed E-state index contributed by atoms with van der Waals surface area (Å²) in [6, 6.07) is 5.46. The molecule has 5 nitrogen and oxygen atoms in total. The average Bonchev–Trinajstić information content (AvgIpc) is 2.26. The molecular weight excluding hydrogens is 216 g/mol. The second-order valence-corrected chi connectivity index (χ2v) is 4.36. The van der Waals surface area contributed by atoms with E-state index in [9.17, 15) is 4.79 Å². The SMILES string of the molecule is CC(CNc1ccc(N)cc1C(N)=O)N(C)C. The van der Waals surface area contributed by atoms with E-state index in [2.05, 4.69) is 17.1 Å². The quantitative estimate of drug-likeness (QED) is 0.658. The van der Waals surface area contributed by atoms with Crippen LogP contribution in [0.5, 0.6) is 0 Å². The van der Waals surface area contributed by atoms with Crippen molar-refractivity contribution in [2.24, 2.45) is 5.73 Å². The molecule has 1 aromatic carbocycles. The van der Waals surface area contributed by atoms with Gasteiger partial charge in [0.2, 0.25) is 0 Å². The van der Waals surface area contributed by atoms with Crippen molar-refractivity contribution in [1.29, 1.82) is 0 Å². The number of likely N-dealkylation sites (N-methyl/N-ethyl adjacent to an activating group) is 1. The van der Waals surface area contributed by atoms with E-state index >= 15 is 0 Å². The molecule has 0 aliphatic rings. The standard InChI is InChI=1S/C12H20N4O/c1-8(16(2)3)7-15-11-5-4-9(13)6-10(11)12(14)17/h4-6,8,15H,7,13H2,1-3H3,(H2,14,17). The van der Waals surface area contributed by atoms with E-state index in [1.54, 1.807) is 18.2 Å². The van der Waals surface area contributed by atoms with E-state index in [1.165, 1.54) is 0 Å². The van der Waals surface area contributed by atoms with Crippen molar-refractivity contribution in [3.8, 4) is 0 Å². The molecule has 1 unspecified atom stereocenters. The van der Waals surface area contributed by atoms with E-state index in [0.29, 0.717) is 17.3 Å². The highest BCUT2D eigenvalue weighted by Gasteiger charge is 2.10. The van der Waals surface area contributed by atoms with Crippen LogP contribution in [0.15, 0.2) is 18.2 Å². The zero-order valence-corrected chi connectivity index (χ0v) is 10.5. The molecule has 0 spiro atoms. The minimum absolute atomic E-state index is 0.355. The van der Waals surface area contributed by atoms with Crippen molar-refractivity contribution >= 4 is 17.3 Å². The first-order valence-corrected chi connectivity index (χ1v) is 5.51. The van der Waals surface area contributed by atoms with Crippen LogP contribution < -0.4 is 16.8 Å². The highest BCUT2D eigenvalue weighted by Crippen LogP contribution is 2.18. The molecule has 1 amide bonds. The summed E-state index contributed by atoms with van der Waals surface area (Å²) in [7, 11) is 4.01. The average molecular weight is 236 g/mol. The van der Waals surface area contributed by atoms with Gasteiger partial charge in [0.25, 0.3) is 5.91 Å². The largest absolute Gasteiger partial charge is 0.399 e. The lowest BCUT2D eigenvalue weighted by Gasteiger charge is -2.21. The highest BCUT2D eigenvalue weighted by molar-refractivity contribution is 5.99. The molecule has 0 radical (unpaired) electrons. The highest BCUT2D eigenvalue weighted by atomic mass is 16.1. The molecule has 17 heavy (non-hydrogen) atoms. The van der Waals surface area contributed by atoms with Crippen LogP contribution in [0.25, 0.3) is 0 Å². The molecule has 0 heterocycles. The molecule has 1 aromatic rings. The summed E-state index contributed by atoms with van der Waals surface area (Å²) in [4.78, 5) is 13.4. The van der Waals surface area contributed by atoms with E-state index in [4.69, 9.17) is 11.5 Å². The number of amides is 1. The van der Waals surface area contributed by atoms with Gasteiger partial charge in [0.15, 0.2) is 0 Å². The van der Waals surface area contributed by atoms with Gasteiger partial charge in [0, 0.05) is 24.0 Å². The van der Waals surface area contributed by atoms with E-state index < -0.39 is 5.91 Å². The number of anilines is 2. The van der Waals surface area contributed by atoms with Gasteiger partial charge in [-0.05, 0) is 39.2 Å². The summed E-state index contributed by atoms with van der Waals surface area (Å²) in [6.07, 6.45) is 0. The molecule has 0 saturated heterocycles. The van der Waals surface area contributed by atoms with Crippen molar-refractivity contribution in [3.63, 3.8) is 0 Å². The van der Waals surface area contributed by atoms with Gasteiger partial charge in [-0.15, -0.1) is 0 Å². The maximum Gasteiger partial charge on any atom is 0.250 e. The van der Waals surface area contributed by atoms with Crippen molar-refractivity contribution in [2.45, 2.75) is 13.0 Å². The fourth-order valence-electron chi connectivity index (χ4n) is 1.36. The molecule has 0 aromatic heterocycles. The molecule has 0 saturated carbocycles. The maximum absolute atomic E-state index is 11.3. The van der Waals surface area contributed by atoms with Crippen LogP contribution >= 0.6 is 0 Å². The van der Waals surface area contributed by atoms with Gasteiger partial charge in [-0.1, -0.05) is 0 Å². The fraction of sp³-hybridized carbons (Fsp3) is 0.417. The van der Waals surface area contributed by atoms with Crippen LogP contribution in [-0.4, -0.2) is 37.5 Å². The number of primary amides is 1. The van der Waals surface area contributed by atoms with E-state index in [1.807, 2.05) is 14.1 Å². The Hall–Kier alpha value is -1.75. The van der Waals surface area contributed by atoms with Crippen LogP contribution in [0.3, 0.4) is 0 Å². The first-order chi connectivity index (χ1) is 7.91. The number of rotatable bonds is 5. The van der Waals surface area contributed by atoms with Crippen LogP contribution in [0.1, 0.15) is 17.3 Å². The minimum atomic E-state index is -0.475. The van der Waals surface area contributed by atoms with E-state index in [0.717, 1.165) is 12.2 Å². The zero-order valence-electron chi connectivity index (χ0n) is 10.5. The smallest absolute Gasteiger partial charge is 0.250 e. The summed E-state index contributed by atoms with van der Waals surface area (Å²) in [6.45, 7) is 2.82. The summed E-state index contributed by atoms with van der Waals surface area (Å²) in [5, 5.41) is 3.20. The normalized spacial score (nSPS) is 12.5. The number of nitrogens with one attached hydrogen (secondary N) is 1. The Labute approximate surface area is 102 Å². The zero-order chi connectivity index (χ0) is 13.0. The lowest BCUT2D eigenvalue weighted by Crippen LogP contribution is -2.32. The van der Waals surface area contributed by atoms with Gasteiger partial charge >= 0.3 is 0 Å². The van der Waals surface area contributed by atoms with Crippen molar-refractivity contribution in [2.75, 3.05) is 31.7 Å². The molecular formula is C12H20N4O. The Morgan fingerprint density at radius 3 is 2.65 bits per heavy atom. The Morgan fingerprint density at radius 2 is 2.12 bits per heavy atom. The summed E-state index contributed by atoms with van der Waals surface area (Å²) in [5.41, 5.74) is 12.6. The maximum atomic E-state index is 11.3. The second kappa shape index (κ2) is 5.54.